The van der Waals surface area contributed by atoms with E-state index in [4.69, 9.17) is 5.11 Å². The van der Waals surface area contributed by atoms with Crippen molar-refractivity contribution >= 4 is 32.8 Å². The number of hydrogen-bond donors (Lipinski definition) is 1. The first-order chi connectivity index (χ1) is 16.5. The van der Waals surface area contributed by atoms with Gasteiger partial charge in [-0.15, -0.1) is 0 Å². The molecule has 6 nitrogen and oxygen atoms in total. The summed E-state index contributed by atoms with van der Waals surface area (Å²) in [5.74, 6) is -0.409. The van der Waals surface area contributed by atoms with Gasteiger partial charge in [0.05, 0.1) is 6.42 Å². The van der Waals surface area contributed by atoms with Gasteiger partial charge in [-0.25, -0.2) is 9.97 Å². The molecule has 4 rings (SSSR count). The predicted octanol–water partition coefficient (Wildman–Crippen LogP) is 5.38. The van der Waals surface area contributed by atoms with Gasteiger partial charge in [-0.2, -0.15) is 13.2 Å². The molecule has 3 aromatic rings. The molecule has 3 heterocycles. The van der Waals surface area contributed by atoms with Gasteiger partial charge in [0.1, 0.15) is 16.0 Å². The number of pyridine rings is 1. The number of thiazole rings is 1. The van der Waals surface area contributed by atoms with Crippen molar-refractivity contribution in [3.63, 3.8) is 0 Å². The number of anilines is 1. The number of aliphatic carboxylic acids is 1. The van der Waals surface area contributed by atoms with Gasteiger partial charge < -0.3 is 10.0 Å². The van der Waals surface area contributed by atoms with Crippen LogP contribution in [0.1, 0.15) is 42.7 Å². The van der Waals surface area contributed by atoms with E-state index in [1.807, 2.05) is 19.1 Å². The highest BCUT2D eigenvalue weighted by atomic mass is 32.1. The zero-order chi connectivity index (χ0) is 25.3. The van der Waals surface area contributed by atoms with Gasteiger partial charge >= 0.3 is 12.1 Å². The Bertz CT molecular complexity index is 1210. The first-order valence-corrected chi connectivity index (χ1v) is 12.4. The van der Waals surface area contributed by atoms with Crippen molar-refractivity contribution < 1.29 is 23.1 Å². The van der Waals surface area contributed by atoms with Crippen molar-refractivity contribution in [1.82, 2.24) is 14.9 Å². The smallest absolute Gasteiger partial charge is 0.433 e. The van der Waals surface area contributed by atoms with E-state index in [-0.39, 0.29) is 12.5 Å². The van der Waals surface area contributed by atoms with Crippen LogP contribution >= 0.6 is 11.3 Å². The van der Waals surface area contributed by atoms with Gasteiger partial charge in [0.15, 0.2) is 5.13 Å². The Balaban J connectivity index is 1.54. The summed E-state index contributed by atoms with van der Waals surface area (Å²) in [7, 11) is 0. The van der Waals surface area contributed by atoms with Crippen LogP contribution in [0.5, 0.6) is 0 Å². The van der Waals surface area contributed by atoms with Gasteiger partial charge in [-0.05, 0) is 42.5 Å². The molecule has 188 valence electrons. The number of halogens is 3. The Morgan fingerprint density at radius 1 is 1.17 bits per heavy atom. The van der Waals surface area contributed by atoms with Crippen LogP contribution in [-0.4, -0.2) is 51.6 Å². The molecular formula is C25H29F3N4O2S. The zero-order valence-corrected chi connectivity index (χ0v) is 20.8. The molecule has 0 unspecified atom stereocenters. The summed E-state index contributed by atoms with van der Waals surface area (Å²) >= 11 is 1.21. The SMILES string of the molecule is Cc1cc(CC(=O)O)cc(CN2CCN(c3nc4ccc(C(F)(F)F)nc4s3)[C@H](CC(C)C)C2)c1. The molecule has 35 heavy (non-hydrogen) atoms. The standard InChI is InChI=1S/C25H29F3N4O2S/c1-15(2)8-19-14-31(13-18-10-16(3)9-17(11-18)12-22(33)34)6-7-32(19)24-29-20-4-5-21(25(26,27)28)30-23(20)35-24/h4-5,9-11,15,19H,6-8,12-14H2,1-3H3,(H,33,34)/t19-/m1/s1. The van der Waals surface area contributed by atoms with Gasteiger partial charge in [-0.3, -0.25) is 9.69 Å². The fraction of sp³-hybridized carbons (Fsp3) is 0.480. The maximum atomic E-state index is 13.1. The number of alkyl halides is 3. The second kappa shape index (κ2) is 10.1. The van der Waals surface area contributed by atoms with Crippen LogP contribution in [0, 0.1) is 12.8 Å². The van der Waals surface area contributed by atoms with E-state index in [9.17, 15) is 18.0 Å². The van der Waals surface area contributed by atoms with Crippen LogP contribution in [0.25, 0.3) is 10.3 Å². The number of hydrogen-bond acceptors (Lipinski definition) is 6. The molecular weight excluding hydrogens is 477 g/mol. The number of aromatic nitrogens is 2. The van der Waals surface area contributed by atoms with Crippen molar-refractivity contribution in [2.24, 2.45) is 5.92 Å². The fourth-order valence-electron chi connectivity index (χ4n) is 4.72. The van der Waals surface area contributed by atoms with E-state index < -0.39 is 17.8 Å². The van der Waals surface area contributed by atoms with Crippen molar-refractivity contribution in [2.75, 3.05) is 24.5 Å². The lowest BCUT2D eigenvalue weighted by Crippen LogP contribution is -2.53. The molecule has 1 N–H and O–H groups in total. The van der Waals surface area contributed by atoms with Gasteiger partial charge in [0.2, 0.25) is 0 Å². The normalized spacial score (nSPS) is 17.5. The molecule has 1 aliphatic rings. The van der Waals surface area contributed by atoms with Crippen LogP contribution < -0.4 is 4.90 Å². The average molecular weight is 507 g/mol. The number of carboxylic acid groups (broad SMARTS) is 1. The maximum absolute atomic E-state index is 13.1. The molecule has 0 spiro atoms. The van der Waals surface area contributed by atoms with Crippen LogP contribution in [0.4, 0.5) is 18.3 Å². The van der Waals surface area contributed by atoms with Crippen molar-refractivity contribution in [3.05, 3.63) is 52.7 Å². The second-order valence-corrected chi connectivity index (χ2v) is 10.6. The van der Waals surface area contributed by atoms with Crippen molar-refractivity contribution in [3.8, 4) is 0 Å². The van der Waals surface area contributed by atoms with Crippen molar-refractivity contribution in [2.45, 2.75) is 52.4 Å². The molecule has 1 aliphatic heterocycles. The predicted molar refractivity (Wildman–Crippen MR) is 131 cm³/mol. The molecule has 0 radical (unpaired) electrons. The summed E-state index contributed by atoms with van der Waals surface area (Å²) in [6.07, 6.45) is -3.56. The lowest BCUT2D eigenvalue weighted by Gasteiger charge is -2.42. The average Bonchev–Trinajstić information content (AvgIpc) is 3.15. The third-order valence-electron chi connectivity index (χ3n) is 6.05. The first-order valence-electron chi connectivity index (χ1n) is 11.6. The third kappa shape index (κ3) is 6.29. The van der Waals surface area contributed by atoms with E-state index in [0.29, 0.717) is 34.5 Å². The number of fused-ring (bicyclic) bond motifs is 1. The number of rotatable bonds is 7. The summed E-state index contributed by atoms with van der Waals surface area (Å²) in [5.41, 5.74) is 2.50. The molecule has 1 fully saturated rings. The van der Waals surface area contributed by atoms with Crippen LogP contribution in [0.15, 0.2) is 30.3 Å². The summed E-state index contributed by atoms with van der Waals surface area (Å²) in [6, 6.07) is 8.49. The Labute approximate surface area is 206 Å². The minimum Gasteiger partial charge on any atom is -0.481 e. The highest BCUT2D eigenvalue weighted by molar-refractivity contribution is 7.21. The van der Waals surface area contributed by atoms with Crippen LogP contribution in [0.3, 0.4) is 0 Å². The maximum Gasteiger partial charge on any atom is 0.433 e. The Hall–Kier alpha value is -2.72. The monoisotopic (exact) mass is 506 g/mol. The number of aryl methyl sites for hydroxylation is 1. The molecule has 1 atom stereocenters. The Morgan fingerprint density at radius 3 is 2.60 bits per heavy atom. The number of carboxylic acids is 1. The minimum absolute atomic E-state index is 0.000126. The van der Waals surface area contributed by atoms with Crippen LogP contribution in [0.2, 0.25) is 0 Å². The van der Waals surface area contributed by atoms with Crippen LogP contribution in [-0.2, 0) is 23.9 Å². The third-order valence-corrected chi connectivity index (χ3v) is 7.05. The molecule has 0 aliphatic carbocycles. The molecule has 0 saturated carbocycles. The minimum atomic E-state index is -4.48. The number of carbonyl (C=O) groups is 1. The van der Waals surface area contributed by atoms with E-state index in [1.165, 1.54) is 17.4 Å². The number of piperazine rings is 1. The molecule has 10 heteroatoms. The largest absolute Gasteiger partial charge is 0.481 e. The van der Waals surface area contributed by atoms with E-state index in [0.717, 1.165) is 42.3 Å². The highest BCUT2D eigenvalue weighted by Crippen LogP contribution is 2.35. The molecule has 2 aromatic heterocycles. The van der Waals surface area contributed by atoms with E-state index in [2.05, 4.69) is 39.7 Å². The second-order valence-electron chi connectivity index (χ2n) is 9.62. The number of benzene rings is 1. The van der Waals surface area contributed by atoms with Gasteiger partial charge in [-0.1, -0.05) is 48.9 Å². The Kier molecular flexibility index (Phi) is 7.32. The summed E-state index contributed by atoms with van der Waals surface area (Å²) in [5, 5.41) is 9.86. The molecule has 1 saturated heterocycles. The summed E-state index contributed by atoms with van der Waals surface area (Å²) < 4.78 is 39.3. The summed E-state index contributed by atoms with van der Waals surface area (Å²) in [4.78, 5) is 24.4. The summed E-state index contributed by atoms with van der Waals surface area (Å²) in [6.45, 7) is 9.27. The molecule has 0 amide bonds. The highest BCUT2D eigenvalue weighted by Gasteiger charge is 2.34. The van der Waals surface area contributed by atoms with Gasteiger partial charge in [0, 0.05) is 32.2 Å². The lowest BCUT2D eigenvalue weighted by atomic mass is 9.99. The van der Waals surface area contributed by atoms with Crippen molar-refractivity contribution in [1.29, 1.82) is 0 Å². The molecule has 1 aromatic carbocycles. The number of nitrogens with zero attached hydrogens (tertiary/aromatic N) is 4. The zero-order valence-electron chi connectivity index (χ0n) is 20.0. The Morgan fingerprint density at radius 2 is 1.91 bits per heavy atom. The fourth-order valence-corrected chi connectivity index (χ4v) is 5.76. The van der Waals surface area contributed by atoms with E-state index >= 15 is 0 Å². The first kappa shape index (κ1) is 25.4. The molecule has 0 bridgehead atoms. The topological polar surface area (TPSA) is 69.6 Å². The van der Waals surface area contributed by atoms with Gasteiger partial charge in [0.25, 0.3) is 0 Å². The van der Waals surface area contributed by atoms with E-state index in [1.54, 1.807) is 0 Å². The quantitative estimate of drug-likeness (QED) is 0.464. The lowest BCUT2D eigenvalue weighted by molar-refractivity contribution is -0.141.